The number of carbonyl (C=O) groups is 2. The largest absolute Gasteiger partial charge is 0.461 e. The lowest BCUT2D eigenvalue weighted by atomic mass is 10.2. The topological polar surface area (TPSA) is 115 Å². The molecule has 0 atom stereocenters. The van der Waals surface area contributed by atoms with Gasteiger partial charge in [-0.2, -0.15) is 8.78 Å². The van der Waals surface area contributed by atoms with Crippen molar-refractivity contribution in [3.63, 3.8) is 0 Å². The molecule has 1 aromatic heterocycles. The van der Waals surface area contributed by atoms with Crippen LogP contribution in [-0.4, -0.2) is 42.2 Å². The first-order valence-electron chi connectivity index (χ1n) is 6.70. The number of sulfone groups is 1. The van der Waals surface area contributed by atoms with Crippen LogP contribution in [0.2, 0.25) is 0 Å². The monoisotopic (exact) mass is 391 g/mol. The molecule has 2 rings (SSSR count). The molecule has 0 fully saturated rings. The lowest BCUT2D eigenvalue weighted by molar-refractivity contribution is 0.0520. The third-order valence-corrected chi connectivity index (χ3v) is 4.90. The van der Waals surface area contributed by atoms with Crippen LogP contribution >= 0.6 is 11.5 Å². The Labute approximate surface area is 144 Å². The number of nitrogens with zero attached hydrogens (tertiary/aromatic N) is 2. The molecule has 134 valence electrons. The molecule has 0 saturated heterocycles. The van der Waals surface area contributed by atoms with Gasteiger partial charge in [-0.15, -0.1) is 5.10 Å². The quantitative estimate of drug-likeness (QED) is 0.749. The number of anilines is 1. The van der Waals surface area contributed by atoms with Crippen LogP contribution in [0.25, 0.3) is 0 Å². The van der Waals surface area contributed by atoms with Crippen LogP contribution in [0.3, 0.4) is 0 Å². The smallest absolute Gasteiger partial charge is 0.362 e. The van der Waals surface area contributed by atoms with E-state index in [1.54, 1.807) is 6.92 Å². The molecule has 1 amide bonds. The summed E-state index contributed by atoms with van der Waals surface area (Å²) in [6.07, 6.45) is 0. The molecule has 0 aliphatic carbocycles. The highest BCUT2D eigenvalue weighted by molar-refractivity contribution is 7.91. The zero-order valence-corrected chi connectivity index (χ0v) is 14.2. The molecule has 0 bridgehead atoms. The number of benzene rings is 1. The maximum Gasteiger partial charge on any atom is 0.362 e. The molecule has 2 aromatic rings. The van der Waals surface area contributed by atoms with Gasteiger partial charge in [-0.1, -0.05) is 4.49 Å². The van der Waals surface area contributed by atoms with E-state index in [1.807, 2.05) is 0 Å². The van der Waals surface area contributed by atoms with E-state index in [2.05, 4.69) is 14.9 Å². The summed E-state index contributed by atoms with van der Waals surface area (Å²) in [5.41, 5.74) is -0.173. The van der Waals surface area contributed by atoms with Gasteiger partial charge in [-0.05, 0) is 31.2 Å². The van der Waals surface area contributed by atoms with Gasteiger partial charge in [0, 0.05) is 17.1 Å². The molecular weight excluding hydrogens is 380 g/mol. The Hall–Kier alpha value is -2.47. The first kappa shape index (κ1) is 18.9. The Kier molecular flexibility index (Phi) is 5.74. The first-order chi connectivity index (χ1) is 11.8. The van der Waals surface area contributed by atoms with Gasteiger partial charge < -0.3 is 10.1 Å². The summed E-state index contributed by atoms with van der Waals surface area (Å²) in [6, 6.07) is 3.94. The fourth-order valence-electron chi connectivity index (χ4n) is 1.68. The average Bonchev–Trinajstić information content (AvgIpc) is 3.03. The van der Waals surface area contributed by atoms with Crippen LogP contribution in [0, 0.1) is 0 Å². The molecule has 0 aliphatic heterocycles. The molecular formula is C13H11F2N3O5S2. The van der Waals surface area contributed by atoms with Crippen molar-refractivity contribution in [1.82, 2.24) is 9.59 Å². The van der Waals surface area contributed by atoms with Crippen molar-refractivity contribution in [2.24, 2.45) is 0 Å². The Balaban J connectivity index is 2.18. The molecule has 0 spiro atoms. The van der Waals surface area contributed by atoms with Crippen molar-refractivity contribution in [2.75, 3.05) is 11.9 Å². The lowest BCUT2D eigenvalue weighted by Gasteiger charge is -2.06. The highest BCUT2D eigenvalue weighted by Gasteiger charge is 2.26. The van der Waals surface area contributed by atoms with Gasteiger partial charge in [-0.25, -0.2) is 13.2 Å². The summed E-state index contributed by atoms with van der Waals surface area (Å²) in [7, 11) is -4.74. The van der Waals surface area contributed by atoms with E-state index in [0.29, 0.717) is 0 Å². The minimum Gasteiger partial charge on any atom is -0.461 e. The maximum absolute atomic E-state index is 12.5. The van der Waals surface area contributed by atoms with Gasteiger partial charge >= 0.3 is 11.7 Å². The minimum absolute atomic E-state index is 0.00331. The molecule has 0 aliphatic rings. The number of hydrogen-bond donors (Lipinski definition) is 1. The minimum atomic E-state index is -4.74. The summed E-state index contributed by atoms with van der Waals surface area (Å²) >= 11 is 0.749. The molecule has 0 unspecified atom stereocenters. The average molecular weight is 391 g/mol. The van der Waals surface area contributed by atoms with Crippen LogP contribution < -0.4 is 5.32 Å². The van der Waals surface area contributed by atoms with Gasteiger partial charge in [0.15, 0.2) is 5.00 Å². The fraction of sp³-hybridized carbons (Fsp3) is 0.231. The van der Waals surface area contributed by atoms with Crippen molar-refractivity contribution < 1.29 is 31.5 Å². The molecule has 1 heterocycles. The van der Waals surface area contributed by atoms with E-state index in [1.165, 1.54) is 0 Å². The highest BCUT2D eigenvalue weighted by atomic mass is 32.2. The summed E-state index contributed by atoms with van der Waals surface area (Å²) in [5, 5.41) is 6.00. The second-order valence-corrected chi connectivity index (χ2v) is 7.13. The van der Waals surface area contributed by atoms with Crippen molar-refractivity contribution in [1.29, 1.82) is 0 Å². The van der Waals surface area contributed by atoms with Gasteiger partial charge in [0.2, 0.25) is 15.5 Å². The second kappa shape index (κ2) is 7.61. The van der Waals surface area contributed by atoms with Gasteiger partial charge in [-0.3, -0.25) is 4.79 Å². The molecule has 25 heavy (non-hydrogen) atoms. The molecule has 1 aromatic carbocycles. The number of alkyl halides is 2. The number of rotatable bonds is 6. The van der Waals surface area contributed by atoms with E-state index in [4.69, 9.17) is 4.74 Å². The Morgan fingerprint density at radius 2 is 1.92 bits per heavy atom. The number of esters is 1. The van der Waals surface area contributed by atoms with E-state index >= 15 is 0 Å². The Morgan fingerprint density at radius 1 is 1.28 bits per heavy atom. The predicted molar refractivity (Wildman–Crippen MR) is 83.5 cm³/mol. The third-order valence-electron chi connectivity index (χ3n) is 2.86. The van der Waals surface area contributed by atoms with Crippen molar-refractivity contribution in [3.8, 4) is 0 Å². The SMILES string of the molecule is CCOC(=O)c1nnsc1NC(=O)c1ccc(S(=O)(=O)C(F)F)cc1. The van der Waals surface area contributed by atoms with Crippen molar-refractivity contribution in [2.45, 2.75) is 17.6 Å². The van der Waals surface area contributed by atoms with Crippen LogP contribution in [0.1, 0.15) is 27.8 Å². The van der Waals surface area contributed by atoms with Gasteiger partial charge in [0.25, 0.3) is 5.91 Å². The highest BCUT2D eigenvalue weighted by Crippen LogP contribution is 2.21. The van der Waals surface area contributed by atoms with Gasteiger partial charge in [0.05, 0.1) is 11.5 Å². The van der Waals surface area contributed by atoms with Crippen molar-refractivity contribution >= 4 is 38.2 Å². The van der Waals surface area contributed by atoms with E-state index in [0.717, 1.165) is 35.8 Å². The number of halogens is 2. The molecule has 12 heteroatoms. The van der Waals surface area contributed by atoms with Crippen molar-refractivity contribution in [3.05, 3.63) is 35.5 Å². The third kappa shape index (κ3) is 4.14. The predicted octanol–water partition coefficient (Wildman–Crippen LogP) is 1.96. The number of hydrogen-bond acceptors (Lipinski definition) is 8. The first-order valence-corrected chi connectivity index (χ1v) is 9.02. The van der Waals surface area contributed by atoms with E-state index < -0.39 is 32.4 Å². The van der Waals surface area contributed by atoms with E-state index in [9.17, 15) is 26.8 Å². The molecule has 8 nitrogen and oxygen atoms in total. The lowest BCUT2D eigenvalue weighted by Crippen LogP contribution is -2.15. The van der Waals surface area contributed by atoms with Crippen LogP contribution in [-0.2, 0) is 14.6 Å². The standard InChI is InChI=1S/C13H11F2N3O5S2/c1-2-23-12(20)9-11(24-18-17-9)16-10(19)7-3-5-8(6-4-7)25(21,22)13(14)15/h3-6,13H,2H2,1H3,(H,16,19). The molecule has 1 N–H and O–H groups in total. The summed E-state index contributed by atoms with van der Waals surface area (Å²) in [6.45, 7) is 1.72. The number of nitrogens with one attached hydrogen (secondary N) is 1. The van der Waals surface area contributed by atoms with E-state index in [-0.39, 0.29) is 22.9 Å². The fourth-order valence-corrected chi connectivity index (χ4v) is 2.95. The van der Waals surface area contributed by atoms with Crippen LogP contribution in [0.15, 0.2) is 29.2 Å². The Bertz CT molecular complexity index is 881. The van der Waals surface area contributed by atoms with Crippen LogP contribution in [0.4, 0.5) is 13.8 Å². The second-order valence-electron chi connectivity index (χ2n) is 4.46. The number of amides is 1. The molecule has 0 saturated carbocycles. The zero-order chi connectivity index (χ0) is 18.6. The normalized spacial score (nSPS) is 11.4. The number of aromatic nitrogens is 2. The summed E-state index contributed by atoms with van der Waals surface area (Å²) in [5.74, 6) is -5.01. The zero-order valence-electron chi connectivity index (χ0n) is 12.6. The number of carbonyl (C=O) groups excluding carboxylic acids is 2. The summed E-state index contributed by atoms with van der Waals surface area (Å²) in [4.78, 5) is 23.2. The molecule has 0 radical (unpaired) electrons. The maximum atomic E-state index is 12.5. The summed E-state index contributed by atoms with van der Waals surface area (Å²) < 4.78 is 55.9. The van der Waals surface area contributed by atoms with Crippen LogP contribution in [0.5, 0.6) is 0 Å². The van der Waals surface area contributed by atoms with Gasteiger partial charge in [0.1, 0.15) is 0 Å². The number of ether oxygens (including phenoxy) is 1. The Morgan fingerprint density at radius 3 is 2.48 bits per heavy atom.